The van der Waals surface area contributed by atoms with Crippen LogP contribution in [0, 0.1) is 0 Å². The lowest BCUT2D eigenvalue weighted by molar-refractivity contribution is 0.0635. The van der Waals surface area contributed by atoms with Gasteiger partial charge in [-0.3, -0.25) is 10.1 Å². The Morgan fingerprint density at radius 2 is 1.57 bits per heavy atom. The Kier molecular flexibility index (Phi) is 6.35. The van der Waals surface area contributed by atoms with Gasteiger partial charge in [0.25, 0.3) is 5.91 Å². The third kappa shape index (κ3) is 6.34. The second-order valence-corrected chi connectivity index (χ2v) is 10.4. The highest BCUT2D eigenvalue weighted by atomic mass is 16.6. The number of carbonyl (C=O) groups excluding carboxylic acids is 2. The number of nitrogens with zero attached hydrogens (tertiary/aromatic N) is 2. The molecule has 0 fully saturated rings. The van der Waals surface area contributed by atoms with Crippen molar-refractivity contribution < 1.29 is 14.3 Å². The van der Waals surface area contributed by atoms with E-state index in [2.05, 4.69) is 31.4 Å². The van der Waals surface area contributed by atoms with Crippen LogP contribution in [0.1, 0.15) is 78.4 Å². The molecule has 2 rings (SSSR count). The Hall–Kier alpha value is -2.83. The van der Waals surface area contributed by atoms with Crippen molar-refractivity contribution in [1.82, 2.24) is 9.78 Å². The van der Waals surface area contributed by atoms with Crippen molar-refractivity contribution in [2.45, 2.75) is 78.9 Å². The molecule has 0 bridgehead atoms. The number of amides is 2. The van der Waals surface area contributed by atoms with E-state index in [-0.39, 0.29) is 16.9 Å². The Morgan fingerprint density at radius 1 is 0.933 bits per heavy atom. The van der Waals surface area contributed by atoms with Crippen LogP contribution < -0.4 is 10.6 Å². The van der Waals surface area contributed by atoms with Gasteiger partial charge in [-0.1, -0.05) is 26.8 Å². The molecule has 0 aliphatic heterocycles. The maximum Gasteiger partial charge on any atom is 0.412 e. The normalized spacial score (nSPS) is 12.4. The Balaban J connectivity index is 2.25. The summed E-state index contributed by atoms with van der Waals surface area (Å²) in [4.78, 5) is 24.9. The van der Waals surface area contributed by atoms with Crippen LogP contribution in [0.15, 0.2) is 30.3 Å². The van der Waals surface area contributed by atoms with Crippen molar-refractivity contribution in [3.8, 4) is 0 Å². The molecular weight excluding hydrogens is 380 g/mol. The third-order valence-electron chi connectivity index (χ3n) is 4.12. The molecule has 7 nitrogen and oxygen atoms in total. The predicted molar refractivity (Wildman–Crippen MR) is 120 cm³/mol. The number of aromatic nitrogens is 2. The highest BCUT2D eigenvalue weighted by Gasteiger charge is 2.26. The summed E-state index contributed by atoms with van der Waals surface area (Å²) in [5.74, 6) is 0.344. The quantitative estimate of drug-likeness (QED) is 0.691. The minimum Gasteiger partial charge on any atom is -0.444 e. The summed E-state index contributed by atoms with van der Waals surface area (Å²) in [7, 11) is 0. The smallest absolute Gasteiger partial charge is 0.412 e. The molecule has 0 saturated carbocycles. The van der Waals surface area contributed by atoms with Crippen LogP contribution in [-0.4, -0.2) is 27.4 Å². The van der Waals surface area contributed by atoms with Gasteiger partial charge in [0.1, 0.15) is 11.4 Å². The number of carbonyl (C=O) groups is 2. The van der Waals surface area contributed by atoms with Gasteiger partial charge in [-0.25, -0.2) is 9.48 Å². The number of ether oxygens (including phenoxy) is 1. The van der Waals surface area contributed by atoms with Crippen LogP contribution in [0.3, 0.4) is 0 Å². The average Bonchev–Trinajstić information content (AvgIpc) is 2.97. The van der Waals surface area contributed by atoms with Gasteiger partial charge < -0.3 is 10.1 Å². The van der Waals surface area contributed by atoms with Crippen molar-refractivity contribution in [2.24, 2.45) is 0 Å². The number of rotatable bonds is 3. The molecular formula is C23H34N4O3. The number of nitrogens with one attached hydrogen (secondary N) is 2. The molecule has 0 aliphatic carbocycles. The molecule has 0 atom stereocenters. The van der Waals surface area contributed by atoms with Crippen LogP contribution in [0.25, 0.3) is 0 Å². The number of benzene rings is 1. The van der Waals surface area contributed by atoms with Gasteiger partial charge in [0, 0.05) is 22.7 Å². The molecule has 0 radical (unpaired) electrons. The van der Waals surface area contributed by atoms with Crippen LogP contribution in [-0.2, 0) is 15.7 Å². The van der Waals surface area contributed by atoms with E-state index in [0.717, 1.165) is 5.69 Å². The fraction of sp³-hybridized carbons (Fsp3) is 0.522. The molecule has 2 aromatic rings. The fourth-order valence-electron chi connectivity index (χ4n) is 2.70. The second-order valence-electron chi connectivity index (χ2n) is 10.4. The average molecular weight is 415 g/mol. The predicted octanol–water partition coefficient (Wildman–Crippen LogP) is 5.53. The molecule has 0 aliphatic rings. The van der Waals surface area contributed by atoms with E-state index in [1.54, 1.807) is 45.0 Å². The van der Waals surface area contributed by atoms with Crippen molar-refractivity contribution in [3.63, 3.8) is 0 Å². The Bertz CT molecular complexity index is 925. The molecule has 30 heavy (non-hydrogen) atoms. The van der Waals surface area contributed by atoms with E-state index in [1.807, 2.05) is 31.5 Å². The van der Waals surface area contributed by atoms with Crippen LogP contribution in [0.5, 0.6) is 0 Å². The third-order valence-corrected chi connectivity index (χ3v) is 4.12. The molecule has 1 heterocycles. The molecule has 7 heteroatoms. The number of hydrogen-bond acceptors (Lipinski definition) is 4. The SMILES string of the molecule is CC(C)(C)OC(=O)Nc1cccc(C(=O)Nc2cc(C(C)(C)C)nn2C(C)(C)C)c1. The van der Waals surface area contributed by atoms with Gasteiger partial charge in [0.15, 0.2) is 0 Å². The minimum absolute atomic E-state index is 0.146. The molecule has 0 saturated heterocycles. The first-order valence-corrected chi connectivity index (χ1v) is 10.1. The van der Waals surface area contributed by atoms with E-state index >= 15 is 0 Å². The zero-order valence-electron chi connectivity index (χ0n) is 19.5. The molecule has 164 valence electrons. The van der Waals surface area contributed by atoms with Crippen LogP contribution in [0.2, 0.25) is 0 Å². The van der Waals surface area contributed by atoms with E-state index in [1.165, 1.54) is 0 Å². The van der Waals surface area contributed by atoms with E-state index in [0.29, 0.717) is 17.1 Å². The summed E-state index contributed by atoms with van der Waals surface area (Å²) in [5.41, 5.74) is 0.751. The lowest BCUT2D eigenvalue weighted by Crippen LogP contribution is -2.28. The van der Waals surface area contributed by atoms with Crippen molar-refractivity contribution >= 4 is 23.5 Å². The lowest BCUT2D eigenvalue weighted by atomic mass is 9.92. The molecule has 1 aromatic carbocycles. The summed E-state index contributed by atoms with van der Waals surface area (Å²) < 4.78 is 7.09. The van der Waals surface area contributed by atoms with Gasteiger partial charge in [-0.05, 0) is 59.7 Å². The second kappa shape index (κ2) is 8.13. The van der Waals surface area contributed by atoms with Gasteiger partial charge in [0.05, 0.1) is 11.2 Å². The van der Waals surface area contributed by atoms with Crippen molar-refractivity contribution in [1.29, 1.82) is 0 Å². The maximum atomic E-state index is 12.9. The fourth-order valence-corrected chi connectivity index (χ4v) is 2.70. The standard InChI is InChI=1S/C23H34N4O3/c1-21(2,3)17-14-18(27(26-17)22(4,5)6)25-19(28)15-11-10-12-16(13-15)24-20(29)30-23(7,8)9/h10-14H,1-9H3,(H,24,29)(H,25,28). The highest BCUT2D eigenvalue weighted by Crippen LogP contribution is 2.28. The minimum atomic E-state index is -0.602. The largest absolute Gasteiger partial charge is 0.444 e. The Morgan fingerprint density at radius 3 is 2.10 bits per heavy atom. The van der Waals surface area contributed by atoms with Gasteiger partial charge in [0.2, 0.25) is 0 Å². The Labute approximate surface area is 179 Å². The molecule has 0 unspecified atom stereocenters. The van der Waals surface area contributed by atoms with Crippen LogP contribution >= 0.6 is 0 Å². The number of hydrogen-bond donors (Lipinski definition) is 2. The van der Waals surface area contributed by atoms with Gasteiger partial charge in [-0.2, -0.15) is 5.10 Å². The van der Waals surface area contributed by atoms with Gasteiger partial charge >= 0.3 is 6.09 Å². The molecule has 2 N–H and O–H groups in total. The first-order valence-electron chi connectivity index (χ1n) is 10.1. The van der Waals surface area contributed by atoms with E-state index in [9.17, 15) is 9.59 Å². The summed E-state index contributed by atoms with van der Waals surface area (Å²) in [6.07, 6.45) is -0.569. The highest BCUT2D eigenvalue weighted by molar-refractivity contribution is 6.04. The zero-order valence-corrected chi connectivity index (χ0v) is 19.5. The summed E-state index contributed by atoms with van der Waals surface area (Å²) in [6.45, 7) is 17.7. The van der Waals surface area contributed by atoms with Gasteiger partial charge in [-0.15, -0.1) is 0 Å². The number of anilines is 2. The van der Waals surface area contributed by atoms with Crippen LogP contribution in [0.4, 0.5) is 16.3 Å². The van der Waals surface area contributed by atoms with E-state index < -0.39 is 11.7 Å². The lowest BCUT2D eigenvalue weighted by Gasteiger charge is -2.23. The summed E-state index contributed by atoms with van der Waals surface area (Å²) in [5, 5.41) is 10.3. The summed E-state index contributed by atoms with van der Waals surface area (Å²) in [6, 6.07) is 8.63. The van der Waals surface area contributed by atoms with E-state index in [4.69, 9.17) is 9.84 Å². The first kappa shape index (κ1) is 23.4. The van der Waals surface area contributed by atoms with Crippen molar-refractivity contribution in [3.05, 3.63) is 41.6 Å². The molecule has 2 amide bonds. The zero-order chi connectivity index (χ0) is 22.9. The monoisotopic (exact) mass is 414 g/mol. The summed E-state index contributed by atoms with van der Waals surface area (Å²) >= 11 is 0. The molecule has 0 spiro atoms. The first-order chi connectivity index (χ1) is 13.6. The molecule has 1 aromatic heterocycles. The topological polar surface area (TPSA) is 85.2 Å². The maximum absolute atomic E-state index is 12.9. The van der Waals surface area contributed by atoms with Crippen molar-refractivity contribution in [2.75, 3.05) is 10.6 Å².